The summed E-state index contributed by atoms with van der Waals surface area (Å²) in [4.78, 5) is 44.9. The molecule has 1 heterocycles. The van der Waals surface area contributed by atoms with Crippen LogP contribution in [0.3, 0.4) is 0 Å². The number of anilines is 1. The van der Waals surface area contributed by atoms with Crippen molar-refractivity contribution >= 4 is 29.4 Å². The van der Waals surface area contributed by atoms with E-state index in [2.05, 4.69) is 10.6 Å². The van der Waals surface area contributed by atoms with Crippen molar-refractivity contribution in [2.75, 3.05) is 5.32 Å². The van der Waals surface area contributed by atoms with E-state index in [4.69, 9.17) is 10.2 Å². The van der Waals surface area contributed by atoms with Gasteiger partial charge in [0.25, 0.3) is 0 Å². The smallest absolute Gasteiger partial charge is 0.335 e. The van der Waals surface area contributed by atoms with Crippen LogP contribution in [0.1, 0.15) is 33.6 Å². The highest BCUT2D eigenvalue weighted by molar-refractivity contribution is 6.01. The van der Waals surface area contributed by atoms with Crippen molar-refractivity contribution in [3.8, 4) is 0 Å². The van der Waals surface area contributed by atoms with Gasteiger partial charge in [0.2, 0.25) is 11.8 Å². The first-order valence-electron chi connectivity index (χ1n) is 6.08. The van der Waals surface area contributed by atoms with Crippen molar-refractivity contribution in [2.24, 2.45) is 0 Å². The minimum atomic E-state index is -1.30. The van der Waals surface area contributed by atoms with Crippen LogP contribution in [-0.2, 0) is 9.59 Å². The maximum absolute atomic E-state index is 11.9. The molecule has 0 unspecified atom stereocenters. The number of nitrogens with one attached hydrogen (secondary N) is 2. The quantitative estimate of drug-likeness (QED) is 0.631. The van der Waals surface area contributed by atoms with Gasteiger partial charge in [-0.1, -0.05) is 0 Å². The zero-order valence-electron chi connectivity index (χ0n) is 10.8. The van der Waals surface area contributed by atoms with Gasteiger partial charge >= 0.3 is 11.9 Å². The van der Waals surface area contributed by atoms with E-state index in [1.54, 1.807) is 0 Å². The van der Waals surface area contributed by atoms with Gasteiger partial charge in [0.15, 0.2) is 0 Å². The third kappa shape index (κ3) is 3.35. The lowest BCUT2D eigenvalue weighted by molar-refractivity contribution is -0.122. The van der Waals surface area contributed by atoms with E-state index in [-0.39, 0.29) is 29.1 Å². The molecule has 0 bridgehead atoms. The largest absolute Gasteiger partial charge is 0.478 e. The number of hydrogen-bond acceptors (Lipinski definition) is 4. The molecule has 8 nitrogen and oxygen atoms in total. The molecule has 0 saturated carbocycles. The molecule has 110 valence electrons. The number of carboxylic acid groups (broad SMARTS) is 2. The van der Waals surface area contributed by atoms with E-state index >= 15 is 0 Å². The maximum atomic E-state index is 11.9. The fourth-order valence-electron chi connectivity index (χ4n) is 1.99. The van der Waals surface area contributed by atoms with E-state index < -0.39 is 23.9 Å². The minimum Gasteiger partial charge on any atom is -0.478 e. The number of carbonyl (C=O) groups excluding carboxylic acids is 2. The second-order valence-corrected chi connectivity index (χ2v) is 4.56. The first kappa shape index (κ1) is 14.5. The van der Waals surface area contributed by atoms with Crippen LogP contribution in [0.25, 0.3) is 0 Å². The minimum absolute atomic E-state index is 0.0541. The second kappa shape index (κ2) is 5.61. The first-order chi connectivity index (χ1) is 9.86. The Bertz CT molecular complexity index is 607. The molecule has 1 atom stereocenters. The van der Waals surface area contributed by atoms with Gasteiger partial charge in [-0.05, 0) is 24.6 Å². The second-order valence-electron chi connectivity index (χ2n) is 4.56. The van der Waals surface area contributed by atoms with Crippen LogP contribution in [0.5, 0.6) is 0 Å². The molecule has 0 radical (unpaired) electrons. The van der Waals surface area contributed by atoms with Crippen molar-refractivity contribution < 1.29 is 29.4 Å². The fourth-order valence-corrected chi connectivity index (χ4v) is 1.99. The number of aromatic carboxylic acids is 2. The van der Waals surface area contributed by atoms with E-state index in [0.29, 0.717) is 6.42 Å². The van der Waals surface area contributed by atoms with Gasteiger partial charge in [-0.15, -0.1) is 0 Å². The predicted molar refractivity (Wildman–Crippen MR) is 70.2 cm³/mol. The summed E-state index contributed by atoms with van der Waals surface area (Å²) >= 11 is 0. The topological polar surface area (TPSA) is 133 Å². The SMILES string of the molecule is O=C1CC[C@@H](C(=O)Nc2cc(C(=O)O)cc(C(=O)O)c2)N1. The summed E-state index contributed by atoms with van der Waals surface area (Å²) in [6.07, 6.45) is 0.586. The van der Waals surface area contributed by atoms with Gasteiger partial charge in [0.05, 0.1) is 11.1 Å². The molecular weight excluding hydrogens is 280 g/mol. The zero-order valence-corrected chi connectivity index (χ0v) is 10.8. The Morgan fingerprint density at radius 1 is 1.10 bits per heavy atom. The molecule has 1 aliphatic heterocycles. The lowest BCUT2D eigenvalue weighted by Crippen LogP contribution is -2.37. The summed E-state index contributed by atoms with van der Waals surface area (Å²) in [5.41, 5.74) is -0.445. The molecule has 0 spiro atoms. The number of benzene rings is 1. The van der Waals surface area contributed by atoms with Crippen molar-refractivity contribution in [3.63, 3.8) is 0 Å². The van der Waals surface area contributed by atoms with Crippen molar-refractivity contribution in [2.45, 2.75) is 18.9 Å². The van der Waals surface area contributed by atoms with Gasteiger partial charge in [-0.2, -0.15) is 0 Å². The third-order valence-electron chi connectivity index (χ3n) is 3.01. The Balaban J connectivity index is 2.22. The Morgan fingerprint density at radius 3 is 2.10 bits per heavy atom. The summed E-state index contributed by atoms with van der Waals surface area (Å²) in [6.45, 7) is 0. The number of amides is 2. The van der Waals surface area contributed by atoms with Gasteiger partial charge in [-0.25, -0.2) is 9.59 Å². The van der Waals surface area contributed by atoms with Crippen LogP contribution in [0, 0.1) is 0 Å². The molecule has 1 saturated heterocycles. The average molecular weight is 292 g/mol. The average Bonchev–Trinajstić information content (AvgIpc) is 2.85. The fraction of sp³-hybridized carbons (Fsp3) is 0.231. The van der Waals surface area contributed by atoms with Gasteiger partial charge in [0.1, 0.15) is 6.04 Å². The Labute approximate surface area is 118 Å². The van der Waals surface area contributed by atoms with Crippen LogP contribution in [0.2, 0.25) is 0 Å². The third-order valence-corrected chi connectivity index (χ3v) is 3.01. The first-order valence-corrected chi connectivity index (χ1v) is 6.08. The molecule has 1 aromatic carbocycles. The molecule has 2 amide bonds. The Hall–Kier alpha value is -2.90. The molecular formula is C13H12N2O6. The van der Waals surface area contributed by atoms with E-state index in [0.717, 1.165) is 18.2 Å². The van der Waals surface area contributed by atoms with Crippen molar-refractivity contribution in [1.29, 1.82) is 0 Å². The molecule has 4 N–H and O–H groups in total. The van der Waals surface area contributed by atoms with Crippen LogP contribution < -0.4 is 10.6 Å². The van der Waals surface area contributed by atoms with Crippen molar-refractivity contribution in [1.82, 2.24) is 5.32 Å². The van der Waals surface area contributed by atoms with Crippen LogP contribution >= 0.6 is 0 Å². The Kier molecular flexibility index (Phi) is 3.88. The normalized spacial score (nSPS) is 17.1. The molecule has 21 heavy (non-hydrogen) atoms. The lowest BCUT2D eigenvalue weighted by atomic mass is 10.1. The molecule has 0 aromatic heterocycles. The molecule has 1 fully saturated rings. The van der Waals surface area contributed by atoms with Crippen LogP contribution in [-0.4, -0.2) is 40.0 Å². The lowest BCUT2D eigenvalue weighted by Gasteiger charge is -2.12. The number of rotatable bonds is 4. The molecule has 1 aromatic rings. The summed E-state index contributed by atoms with van der Waals surface area (Å²) < 4.78 is 0. The Morgan fingerprint density at radius 2 is 1.67 bits per heavy atom. The highest BCUT2D eigenvalue weighted by Gasteiger charge is 2.27. The molecule has 0 aliphatic carbocycles. The van der Waals surface area contributed by atoms with Gasteiger partial charge in [0, 0.05) is 12.1 Å². The number of carbonyl (C=O) groups is 4. The zero-order chi connectivity index (χ0) is 15.6. The molecule has 8 heteroatoms. The molecule has 2 rings (SSSR count). The highest BCUT2D eigenvalue weighted by atomic mass is 16.4. The number of hydrogen-bond donors (Lipinski definition) is 4. The standard InChI is InChI=1S/C13H12N2O6/c16-10-2-1-9(15-10)11(17)14-8-4-6(12(18)19)3-7(5-8)13(20)21/h3-5,9H,1-2H2,(H,14,17)(H,15,16)(H,18,19)(H,20,21)/t9-/m0/s1. The predicted octanol–water partition coefficient (Wildman–Crippen LogP) is 0.300. The van der Waals surface area contributed by atoms with E-state index in [1.165, 1.54) is 0 Å². The van der Waals surface area contributed by atoms with Gasteiger partial charge < -0.3 is 20.8 Å². The highest BCUT2D eigenvalue weighted by Crippen LogP contribution is 2.17. The maximum Gasteiger partial charge on any atom is 0.335 e. The summed E-state index contributed by atoms with van der Waals surface area (Å²) in [5, 5.41) is 22.7. The van der Waals surface area contributed by atoms with Gasteiger partial charge in [-0.3, -0.25) is 9.59 Å². The monoisotopic (exact) mass is 292 g/mol. The van der Waals surface area contributed by atoms with E-state index in [1.807, 2.05) is 0 Å². The van der Waals surface area contributed by atoms with E-state index in [9.17, 15) is 19.2 Å². The molecule has 1 aliphatic rings. The van der Waals surface area contributed by atoms with Crippen LogP contribution in [0.4, 0.5) is 5.69 Å². The number of carboxylic acids is 2. The van der Waals surface area contributed by atoms with Crippen LogP contribution in [0.15, 0.2) is 18.2 Å². The summed E-state index contributed by atoms with van der Waals surface area (Å²) in [5.74, 6) is -3.36. The summed E-state index contributed by atoms with van der Waals surface area (Å²) in [7, 11) is 0. The summed E-state index contributed by atoms with van der Waals surface area (Å²) in [6, 6.07) is 2.61. The van der Waals surface area contributed by atoms with Crippen molar-refractivity contribution in [3.05, 3.63) is 29.3 Å².